The molecule has 2 heterocycles. The van der Waals surface area contributed by atoms with Gasteiger partial charge >= 0.3 is 0 Å². The molecule has 0 unspecified atom stereocenters. The van der Waals surface area contributed by atoms with Crippen molar-refractivity contribution in [3.8, 4) is 16.9 Å². The molecule has 1 fully saturated rings. The predicted octanol–water partition coefficient (Wildman–Crippen LogP) is 4.38. The minimum Gasteiger partial charge on any atom is -0.355 e. The van der Waals surface area contributed by atoms with E-state index in [1.807, 2.05) is 46.0 Å². The van der Waals surface area contributed by atoms with Gasteiger partial charge in [0.25, 0.3) is 0 Å². The van der Waals surface area contributed by atoms with Crippen molar-refractivity contribution in [2.45, 2.75) is 38.3 Å². The summed E-state index contributed by atoms with van der Waals surface area (Å²) in [6.45, 7) is 6.33. The summed E-state index contributed by atoms with van der Waals surface area (Å²) < 4.78 is 2.04. The van der Waals surface area contributed by atoms with Crippen LogP contribution in [0.4, 0.5) is 0 Å². The molecule has 1 saturated heterocycles. The van der Waals surface area contributed by atoms with Crippen molar-refractivity contribution in [2.75, 3.05) is 25.4 Å². The van der Waals surface area contributed by atoms with Crippen molar-refractivity contribution in [1.29, 1.82) is 0 Å². The predicted molar refractivity (Wildman–Crippen MR) is 133 cm³/mol. The number of para-hydroxylation sites is 1. The van der Waals surface area contributed by atoms with Crippen LogP contribution in [0.15, 0.2) is 59.9 Å². The number of aryl methyl sites for hydroxylation is 2. The number of thioether (sulfide) groups is 1. The Bertz CT molecular complexity index is 1130. The number of imidazole rings is 1. The van der Waals surface area contributed by atoms with Gasteiger partial charge in [-0.1, -0.05) is 42.1 Å². The first-order valence-electron chi connectivity index (χ1n) is 11.4. The average molecular weight is 463 g/mol. The second-order valence-corrected chi connectivity index (χ2v) is 9.33. The number of hydrogen-bond donors (Lipinski definition) is 1. The van der Waals surface area contributed by atoms with E-state index in [-0.39, 0.29) is 11.8 Å². The topological polar surface area (TPSA) is 67.2 Å². The van der Waals surface area contributed by atoms with E-state index in [0.717, 1.165) is 41.5 Å². The summed E-state index contributed by atoms with van der Waals surface area (Å²) in [7, 11) is 0. The van der Waals surface area contributed by atoms with Crippen LogP contribution < -0.4 is 5.32 Å². The molecule has 0 radical (unpaired) electrons. The van der Waals surface area contributed by atoms with Crippen molar-refractivity contribution in [2.24, 2.45) is 0 Å². The summed E-state index contributed by atoms with van der Waals surface area (Å²) in [6, 6.07) is 16.4. The Balaban J connectivity index is 1.40. The highest BCUT2D eigenvalue weighted by molar-refractivity contribution is 7.99. The van der Waals surface area contributed by atoms with Crippen molar-refractivity contribution >= 4 is 23.6 Å². The van der Waals surface area contributed by atoms with Gasteiger partial charge in [0, 0.05) is 43.5 Å². The first-order chi connectivity index (χ1) is 16.0. The Hall–Kier alpha value is -3.06. The molecule has 1 aromatic heterocycles. The normalized spacial score (nSPS) is 13.5. The number of benzene rings is 2. The number of amides is 2. The minimum atomic E-state index is -0.0249. The number of carbonyl (C=O) groups is 2. The van der Waals surface area contributed by atoms with E-state index in [9.17, 15) is 9.59 Å². The highest BCUT2D eigenvalue weighted by Gasteiger charge is 2.19. The second kappa shape index (κ2) is 10.7. The number of nitrogens with zero attached hydrogens (tertiary/aromatic N) is 3. The summed E-state index contributed by atoms with van der Waals surface area (Å²) in [5, 5.41) is 3.75. The fourth-order valence-electron chi connectivity index (χ4n) is 3.90. The third kappa shape index (κ3) is 5.85. The smallest absolute Gasteiger partial charge is 0.230 e. The Morgan fingerprint density at radius 1 is 1.12 bits per heavy atom. The molecule has 2 amide bonds. The zero-order valence-corrected chi connectivity index (χ0v) is 20.0. The van der Waals surface area contributed by atoms with Crippen LogP contribution in [-0.4, -0.2) is 51.7 Å². The van der Waals surface area contributed by atoms with Crippen LogP contribution in [0, 0.1) is 13.8 Å². The molecule has 6 nitrogen and oxygen atoms in total. The number of likely N-dealkylation sites (tertiary alicyclic amines) is 1. The quantitative estimate of drug-likeness (QED) is 0.379. The average Bonchev–Trinajstić information content (AvgIpc) is 3.44. The first kappa shape index (κ1) is 23.1. The van der Waals surface area contributed by atoms with Crippen LogP contribution in [-0.2, 0) is 9.59 Å². The molecule has 2 aromatic carbocycles. The Kier molecular flexibility index (Phi) is 7.50. The van der Waals surface area contributed by atoms with Gasteiger partial charge in [-0.25, -0.2) is 4.98 Å². The Morgan fingerprint density at radius 2 is 1.94 bits per heavy atom. The standard InChI is InChI=1S/C26H30N4O2S/c1-19-11-12-21(16-20(19)2)23-17-30(22-8-4-3-5-9-22)26(28-23)33-18-24(31)27-13-7-15-29-14-6-10-25(29)32/h3-5,8-9,11-12,16-17H,6-7,10,13-15,18H2,1-2H3,(H,27,31). The molecule has 3 aromatic rings. The molecule has 4 rings (SSSR count). The van der Waals surface area contributed by atoms with Gasteiger partial charge in [-0.15, -0.1) is 0 Å². The van der Waals surface area contributed by atoms with E-state index in [0.29, 0.717) is 25.3 Å². The molecule has 1 aliphatic heterocycles. The van der Waals surface area contributed by atoms with Crippen LogP contribution in [0.1, 0.15) is 30.4 Å². The molecule has 172 valence electrons. The van der Waals surface area contributed by atoms with Crippen LogP contribution in [0.3, 0.4) is 0 Å². The molecule has 0 saturated carbocycles. The van der Waals surface area contributed by atoms with Gasteiger partial charge < -0.3 is 10.2 Å². The van der Waals surface area contributed by atoms with E-state index >= 15 is 0 Å². The molecule has 1 aliphatic rings. The number of carbonyl (C=O) groups excluding carboxylic acids is 2. The maximum Gasteiger partial charge on any atom is 0.230 e. The highest BCUT2D eigenvalue weighted by Crippen LogP contribution is 2.28. The van der Waals surface area contributed by atoms with E-state index in [4.69, 9.17) is 4.98 Å². The maximum absolute atomic E-state index is 12.4. The lowest BCUT2D eigenvalue weighted by Gasteiger charge is -2.15. The SMILES string of the molecule is Cc1ccc(-c2cn(-c3ccccc3)c(SCC(=O)NCCCN3CCCC3=O)n2)cc1C. The maximum atomic E-state index is 12.4. The molecule has 0 spiro atoms. The largest absolute Gasteiger partial charge is 0.355 e. The molecule has 0 aliphatic carbocycles. The molecular weight excluding hydrogens is 432 g/mol. The van der Waals surface area contributed by atoms with Crippen molar-refractivity contribution in [3.05, 3.63) is 65.9 Å². The van der Waals surface area contributed by atoms with Gasteiger partial charge in [0.1, 0.15) is 0 Å². The van der Waals surface area contributed by atoms with Gasteiger partial charge in [-0.3, -0.25) is 14.2 Å². The van der Waals surface area contributed by atoms with Gasteiger partial charge in [0.05, 0.1) is 11.4 Å². The summed E-state index contributed by atoms with van der Waals surface area (Å²) in [6.07, 6.45) is 4.41. The van der Waals surface area contributed by atoms with Crippen LogP contribution in [0.2, 0.25) is 0 Å². The zero-order chi connectivity index (χ0) is 23.2. The van der Waals surface area contributed by atoms with E-state index in [1.165, 1.54) is 22.9 Å². The summed E-state index contributed by atoms with van der Waals surface area (Å²) in [5.41, 5.74) is 5.45. The van der Waals surface area contributed by atoms with E-state index in [1.54, 1.807) is 0 Å². The molecular formula is C26H30N4O2S. The van der Waals surface area contributed by atoms with Gasteiger partial charge in [-0.05, 0) is 56.0 Å². The number of hydrogen-bond acceptors (Lipinski definition) is 4. The molecule has 33 heavy (non-hydrogen) atoms. The fraction of sp³-hybridized carbons (Fsp3) is 0.346. The Morgan fingerprint density at radius 3 is 2.67 bits per heavy atom. The van der Waals surface area contributed by atoms with E-state index < -0.39 is 0 Å². The summed E-state index contributed by atoms with van der Waals surface area (Å²) in [4.78, 5) is 30.8. The highest BCUT2D eigenvalue weighted by atomic mass is 32.2. The van der Waals surface area contributed by atoms with Gasteiger partial charge in [-0.2, -0.15) is 0 Å². The van der Waals surface area contributed by atoms with Crippen molar-refractivity contribution in [3.63, 3.8) is 0 Å². The third-order valence-corrected chi connectivity index (χ3v) is 6.89. The molecule has 0 atom stereocenters. The third-order valence-electron chi connectivity index (χ3n) is 5.94. The van der Waals surface area contributed by atoms with Crippen molar-refractivity contribution < 1.29 is 9.59 Å². The van der Waals surface area contributed by atoms with Crippen molar-refractivity contribution in [1.82, 2.24) is 19.8 Å². The van der Waals surface area contributed by atoms with Crippen LogP contribution in [0.25, 0.3) is 16.9 Å². The number of nitrogens with one attached hydrogen (secondary N) is 1. The summed E-state index contributed by atoms with van der Waals surface area (Å²) >= 11 is 1.43. The first-order valence-corrected chi connectivity index (χ1v) is 12.4. The minimum absolute atomic E-state index is 0.0249. The molecule has 0 bridgehead atoms. The van der Waals surface area contributed by atoms with Gasteiger partial charge in [0.2, 0.25) is 11.8 Å². The molecule has 1 N–H and O–H groups in total. The molecule has 7 heteroatoms. The monoisotopic (exact) mass is 462 g/mol. The lowest BCUT2D eigenvalue weighted by Crippen LogP contribution is -2.31. The van der Waals surface area contributed by atoms with Gasteiger partial charge in [0.15, 0.2) is 5.16 Å². The lowest BCUT2D eigenvalue weighted by atomic mass is 10.0. The fourth-order valence-corrected chi connectivity index (χ4v) is 4.72. The lowest BCUT2D eigenvalue weighted by molar-refractivity contribution is -0.127. The Labute approximate surface area is 199 Å². The summed E-state index contributed by atoms with van der Waals surface area (Å²) in [5.74, 6) is 0.492. The van der Waals surface area contributed by atoms with E-state index in [2.05, 4.69) is 37.4 Å². The van der Waals surface area contributed by atoms with Crippen LogP contribution >= 0.6 is 11.8 Å². The number of aromatic nitrogens is 2. The number of rotatable bonds is 9. The zero-order valence-electron chi connectivity index (χ0n) is 19.2. The second-order valence-electron chi connectivity index (χ2n) is 8.39. The van der Waals surface area contributed by atoms with Crippen LogP contribution in [0.5, 0.6) is 0 Å².